The van der Waals surface area contributed by atoms with Gasteiger partial charge in [0.05, 0.1) is 13.2 Å². The van der Waals surface area contributed by atoms with Gasteiger partial charge in [-0.1, -0.05) is 36.3 Å². The second-order valence-corrected chi connectivity index (χ2v) is 5.01. The van der Waals surface area contributed by atoms with Crippen molar-refractivity contribution in [2.24, 2.45) is 0 Å². The van der Waals surface area contributed by atoms with Crippen LogP contribution in [0.25, 0.3) is 11.4 Å². The number of aromatic nitrogens is 2. The maximum Gasteiger partial charge on any atom is 0.471 e. The number of nitrogens with zero attached hydrogens (tertiary/aromatic N) is 3. The highest BCUT2D eigenvalue weighted by atomic mass is 19.4. The Balaban J connectivity index is 2.10. The first-order valence-electron chi connectivity index (χ1n) is 7.22. The van der Waals surface area contributed by atoms with Crippen molar-refractivity contribution in [3.63, 3.8) is 0 Å². The molecule has 1 aromatic carbocycles. The fourth-order valence-corrected chi connectivity index (χ4v) is 1.83. The summed E-state index contributed by atoms with van der Waals surface area (Å²) in [6.07, 6.45) is -3.91. The number of halogens is 3. The van der Waals surface area contributed by atoms with Gasteiger partial charge in [-0.05, 0) is 12.0 Å². The molecule has 0 atom stereocenters. The maximum atomic E-state index is 12.5. The molecule has 9 heteroatoms. The van der Waals surface area contributed by atoms with Gasteiger partial charge in [0, 0.05) is 12.5 Å². The van der Waals surface area contributed by atoms with Crippen molar-refractivity contribution >= 4 is 5.91 Å². The van der Waals surface area contributed by atoms with Crippen molar-refractivity contribution in [1.29, 1.82) is 0 Å². The molecule has 0 N–H and O–H groups in total. The van der Waals surface area contributed by atoms with Crippen molar-refractivity contribution in [2.75, 3.05) is 6.61 Å². The molecule has 0 radical (unpaired) electrons. The first-order chi connectivity index (χ1) is 11.3. The molecule has 6 nitrogen and oxygen atoms in total. The molecule has 130 valence electrons. The van der Waals surface area contributed by atoms with Crippen LogP contribution in [-0.4, -0.2) is 27.7 Å². The number of benzene rings is 1. The fraction of sp³-hybridized carbons (Fsp3) is 0.400. The predicted octanol–water partition coefficient (Wildman–Crippen LogP) is 3.45. The predicted molar refractivity (Wildman–Crippen MR) is 77.2 cm³/mol. The van der Waals surface area contributed by atoms with E-state index in [1.807, 2.05) is 6.92 Å². The molecular formula is C15H16F3N3O3. The summed E-state index contributed by atoms with van der Waals surface area (Å²) < 4.78 is 41.6. The van der Waals surface area contributed by atoms with Gasteiger partial charge in [0.1, 0.15) is 0 Å². The topological polar surface area (TPSA) is 68.5 Å². The van der Waals surface area contributed by atoms with E-state index in [1.165, 1.54) is 12.0 Å². The van der Waals surface area contributed by atoms with E-state index in [0.717, 1.165) is 12.0 Å². The normalized spacial score (nSPS) is 11.5. The van der Waals surface area contributed by atoms with E-state index in [9.17, 15) is 18.0 Å². The molecule has 0 aliphatic heterocycles. The molecule has 0 saturated heterocycles. The third-order valence-electron chi connectivity index (χ3n) is 3.01. The zero-order chi connectivity index (χ0) is 17.7. The summed E-state index contributed by atoms with van der Waals surface area (Å²) in [4.78, 5) is 20.2. The minimum atomic E-state index is -4.68. The average molecular weight is 343 g/mol. The van der Waals surface area contributed by atoms with Crippen molar-refractivity contribution in [3.05, 3.63) is 35.7 Å². The summed E-state index contributed by atoms with van der Waals surface area (Å²) in [5, 5.41) is 4.55. The molecule has 0 spiro atoms. The van der Waals surface area contributed by atoms with Gasteiger partial charge >= 0.3 is 12.1 Å². The Morgan fingerprint density at radius 1 is 1.29 bits per heavy atom. The fourth-order valence-electron chi connectivity index (χ4n) is 1.83. The number of carbonyl (C=O) groups excluding carboxylic acids is 1. The molecule has 2 aromatic rings. The van der Waals surface area contributed by atoms with Crippen LogP contribution < -0.4 is 0 Å². The monoisotopic (exact) mass is 343 g/mol. The quantitative estimate of drug-likeness (QED) is 0.752. The zero-order valence-electron chi connectivity index (χ0n) is 13.1. The average Bonchev–Trinajstić information content (AvgIpc) is 3.02. The van der Waals surface area contributed by atoms with E-state index in [1.54, 1.807) is 24.3 Å². The molecule has 2 rings (SSSR count). The van der Waals surface area contributed by atoms with E-state index in [2.05, 4.69) is 14.7 Å². The lowest BCUT2D eigenvalue weighted by Crippen LogP contribution is -2.28. The van der Waals surface area contributed by atoms with Crippen LogP contribution in [0.2, 0.25) is 0 Å². The van der Waals surface area contributed by atoms with E-state index in [0.29, 0.717) is 12.2 Å². The number of hydrogen-bond acceptors (Lipinski definition) is 5. The highest BCUT2D eigenvalue weighted by Gasteiger charge is 2.38. The highest BCUT2D eigenvalue weighted by Crippen LogP contribution is 2.29. The SMILES string of the molecule is CCCON(Cc1ccc(-c2noc(C(F)(F)F)n2)cc1)C(C)=O. The van der Waals surface area contributed by atoms with Gasteiger partial charge in [-0.15, -0.1) is 0 Å². The van der Waals surface area contributed by atoms with Crippen molar-refractivity contribution in [3.8, 4) is 11.4 Å². The van der Waals surface area contributed by atoms with Crippen molar-refractivity contribution in [1.82, 2.24) is 15.2 Å². The molecule has 24 heavy (non-hydrogen) atoms. The highest BCUT2D eigenvalue weighted by molar-refractivity contribution is 5.72. The summed E-state index contributed by atoms with van der Waals surface area (Å²) in [7, 11) is 0. The molecule has 1 heterocycles. The van der Waals surface area contributed by atoms with E-state index in [4.69, 9.17) is 4.84 Å². The molecule has 0 fully saturated rings. The number of amides is 1. The summed E-state index contributed by atoms with van der Waals surface area (Å²) in [6.45, 7) is 3.96. The largest absolute Gasteiger partial charge is 0.471 e. The Morgan fingerprint density at radius 3 is 2.46 bits per heavy atom. The van der Waals surface area contributed by atoms with Crippen LogP contribution >= 0.6 is 0 Å². The Labute approximate surface area is 136 Å². The van der Waals surface area contributed by atoms with Crippen LogP contribution in [0.4, 0.5) is 13.2 Å². The van der Waals surface area contributed by atoms with Gasteiger partial charge in [-0.25, -0.2) is 5.06 Å². The van der Waals surface area contributed by atoms with Gasteiger partial charge in [0.2, 0.25) is 11.7 Å². The molecule has 0 saturated carbocycles. The summed E-state index contributed by atoms with van der Waals surface area (Å²) >= 11 is 0. The van der Waals surface area contributed by atoms with Gasteiger partial charge < -0.3 is 4.52 Å². The first-order valence-corrected chi connectivity index (χ1v) is 7.22. The lowest BCUT2D eigenvalue weighted by Gasteiger charge is -2.20. The summed E-state index contributed by atoms with van der Waals surface area (Å²) in [5.74, 6) is -1.78. The minimum Gasteiger partial charge on any atom is -0.329 e. The standard InChI is InChI=1S/C15H16F3N3O3/c1-3-8-23-21(10(2)22)9-11-4-6-12(7-5-11)13-19-14(24-20-13)15(16,17)18/h4-7H,3,8-9H2,1-2H3. The summed E-state index contributed by atoms with van der Waals surface area (Å²) in [5.41, 5.74) is 1.13. The Kier molecular flexibility index (Phi) is 5.55. The van der Waals surface area contributed by atoms with Gasteiger partial charge in [0.15, 0.2) is 0 Å². The van der Waals surface area contributed by atoms with Crippen LogP contribution in [0.15, 0.2) is 28.8 Å². The van der Waals surface area contributed by atoms with Gasteiger partial charge in [-0.3, -0.25) is 9.63 Å². The molecular weight excluding hydrogens is 327 g/mol. The third kappa shape index (κ3) is 4.54. The summed E-state index contributed by atoms with van der Waals surface area (Å²) in [6, 6.07) is 6.42. The third-order valence-corrected chi connectivity index (χ3v) is 3.01. The van der Waals surface area contributed by atoms with Gasteiger partial charge in [-0.2, -0.15) is 18.2 Å². The lowest BCUT2D eigenvalue weighted by atomic mass is 10.1. The van der Waals surface area contributed by atoms with E-state index in [-0.39, 0.29) is 18.3 Å². The number of hydroxylamine groups is 2. The number of hydrogen-bond donors (Lipinski definition) is 0. The molecule has 1 aromatic heterocycles. The second kappa shape index (κ2) is 7.43. The number of alkyl halides is 3. The second-order valence-electron chi connectivity index (χ2n) is 5.01. The molecule has 0 aliphatic carbocycles. The van der Waals surface area contributed by atoms with Crippen molar-refractivity contribution in [2.45, 2.75) is 33.0 Å². The van der Waals surface area contributed by atoms with Crippen molar-refractivity contribution < 1.29 is 27.3 Å². The number of rotatable bonds is 6. The molecule has 1 amide bonds. The van der Waals surface area contributed by atoms with Crippen LogP contribution in [0.1, 0.15) is 31.7 Å². The van der Waals surface area contributed by atoms with Crippen LogP contribution in [0.3, 0.4) is 0 Å². The van der Waals surface area contributed by atoms with Crippen LogP contribution in [-0.2, 0) is 22.4 Å². The molecule has 0 bridgehead atoms. The zero-order valence-corrected chi connectivity index (χ0v) is 13.1. The Bertz CT molecular complexity index is 683. The minimum absolute atomic E-state index is 0.153. The van der Waals surface area contributed by atoms with Crippen LogP contribution in [0, 0.1) is 0 Å². The van der Waals surface area contributed by atoms with E-state index < -0.39 is 12.1 Å². The van der Waals surface area contributed by atoms with Gasteiger partial charge in [0.25, 0.3) is 0 Å². The molecule has 0 aliphatic rings. The maximum absolute atomic E-state index is 12.5. The molecule has 0 unspecified atom stereocenters. The number of carbonyl (C=O) groups is 1. The Morgan fingerprint density at radius 2 is 1.96 bits per heavy atom. The van der Waals surface area contributed by atoms with E-state index >= 15 is 0 Å². The smallest absolute Gasteiger partial charge is 0.329 e. The Hall–Kier alpha value is -2.42. The van der Waals surface area contributed by atoms with Crippen LogP contribution in [0.5, 0.6) is 0 Å². The lowest BCUT2D eigenvalue weighted by molar-refractivity contribution is -0.188. The first kappa shape index (κ1) is 17.9.